The Morgan fingerprint density at radius 2 is 1.67 bits per heavy atom. The Balaban J connectivity index is 1.26. The first-order valence-electron chi connectivity index (χ1n) is 12.7. The van der Waals surface area contributed by atoms with Gasteiger partial charge < -0.3 is 26.0 Å². The molecule has 0 saturated carbocycles. The van der Waals surface area contributed by atoms with E-state index in [2.05, 4.69) is 20.5 Å². The molecule has 2 bridgehead atoms. The SMILES string of the molecule is CC(=O)c1ccc(N2[C@@H]3CC[C@H]2CC(NC(=O)c2ccc(C(N)=O)c(NC4CCOCC4)c2)C3)nc1. The second-order valence-corrected chi connectivity index (χ2v) is 10.1. The van der Waals surface area contributed by atoms with Gasteiger partial charge in [0.25, 0.3) is 11.8 Å². The Labute approximate surface area is 210 Å². The van der Waals surface area contributed by atoms with Crippen molar-refractivity contribution in [2.24, 2.45) is 5.73 Å². The van der Waals surface area contributed by atoms with Gasteiger partial charge in [-0.2, -0.15) is 0 Å². The molecule has 2 amide bonds. The van der Waals surface area contributed by atoms with Crippen molar-refractivity contribution in [1.82, 2.24) is 10.3 Å². The number of hydrogen-bond donors (Lipinski definition) is 3. The van der Waals surface area contributed by atoms with Crippen LogP contribution in [-0.4, -0.2) is 60.0 Å². The molecule has 3 aliphatic rings. The van der Waals surface area contributed by atoms with Gasteiger partial charge in [0.15, 0.2) is 5.78 Å². The van der Waals surface area contributed by atoms with Crippen LogP contribution in [0.3, 0.4) is 0 Å². The van der Waals surface area contributed by atoms with Gasteiger partial charge in [0, 0.05) is 60.4 Å². The maximum Gasteiger partial charge on any atom is 0.251 e. The van der Waals surface area contributed by atoms with E-state index in [1.165, 1.54) is 0 Å². The number of carbonyl (C=O) groups excluding carboxylic acids is 3. The highest BCUT2D eigenvalue weighted by atomic mass is 16.5. The number of aromatic nitrogens is 1. The van der Waals surface area contributed by atoms with E-state index < -0.39 is 5.91 Å². The predicted octanol–water partition coefficient (Wildman–Crippen LogP) is 2.90. The molecular formula is C27H33N5O4. The summed E-state index contributed by atoms with van der Waals surface area (Å²) in [6.07, 6.45) is 7.10. The van der Waals surface area contributed by atoms with E-state index in [0.29, 0.717) is 47.7 Å². The molecule has 3 atom stereocenters. The molecular weight excluding hydrogens is 458 g/mol. The molecule has 1 unspecified atom stereocenters. The third-order valence-corrected chi connectivity index (χ3v) is 7.62. The maximum atomic E-state index is 13.2. The van der Waals surface area contributed by atoms with Crippen LogP contribution in [0.2, 0.25) is 0 Å². The van der Waals surface area contributed by atoms with Crippen LogP contribution in [0.4, 0.5) is 11.5 Å². The summed E-state index contributed by atoms with van der Waals surface area (Å²) >= 11 is 0. The smallest absolute Gasteiger partial charge is 0.251 e. The second-order valence-electron chi connectivity index (χ2n) is 10.1. The van der Waals surface area contributed by atoms with Crippen LogP contribution in [0.1, 0.15) is 76.5 Å². The molecule has 4 heterocycles. The van der Waals surface area contributed by atoms with Crippen LogP contribution in [0.25, 0.3) is 0 Å². The zero-order valence-corrected chi connectivity index (χ0v) is 20.5. The van der Waals surface area contributed by atoms with Crippen molar-refractivity contribution in [2.75, 3.05) is 23.4 Å². The first-order chi connectivity index (χ1) is 17.4. The topological polar surface area (TPSA) is 127 Å². The number of benzene rings is 1. The predicted molar refractivity (Wildman–Crippen MR) is 136 cm³/mol. The van der Waals surface area contributed by atoms with E-state index >= 15 is 0 Å². The molecule has 3 fully saturated rings. The van der Waals surface area contributed by atoms with Crippen LogP contribution in [0, 0.1) is 0 Å². The second kappa shape index (κ2) is 10.3. The van der Waals surface area contributed by atoms with Crippen LogP contribution in [-0.2, 0) is 4.74 Å². The number of nitrogens with zero attached hydrogens (tertiary/aromatic N) is 2. The summed E-state index contributed by atoms with van der Waals surface area (Å²) in [5.41, 5.74) is 7.68. The van der Waals surface area contributed by atoms with Crippen LogP contribution >= 0.6 is 0 Å². The summed E-state index contributed by atoms with van der Waals surface area (Å²) in [6, 6.07) is 9.61. The molecule has 190 valence electrons. The van der Waals surface area contributed by atoms with Crippen LogP contribution < -0.4 is 21.3 Å². The number of hydrogen-bond acceptors (Lipinski definition) is 7. The molecule has 9 nitrogen and oxygen atoms in total. The van der Waals surface area contributed by atoms with Crippen molar-refractivity contribution < 1.29 is 19.1 Å². The van der Waals surface area contributed by atoms with Crippen molar-refractivity contribution in [3.63, 3.8) is 0 Å². The zero-order chi connectivity index (χ0) is 25.2. The molecule has 3 aliphatic heterocycles. The fraction of sp³-hybridized carbons (Fsp3) is 0.481. The molecule has 1 aromatic heterocycles. The summed E-state index contributed by atoms with van der Waals surface area (Å²) in [4.78, 5) is 43.6. The fourth-order valence-corrected chi connectivity index (χ4v) is 5.77. The van der Waals surface area contributed by atoms with E-state index in [-0.39, 0.29) is 23.8 Å². The summed E-state index contributed by atoms with van der Waals surface area (Å²) in [7, 11) is 0. The van der Waals surface area contributed by atoms with Crippen molar-refractivity contribution >= 4 is 29.1 Å². The van der Waals surface area contributed by atoms with E-state index in [4.69, 9.17) is 10.5 Å². The number of carbonyl (C=O) groups is 3. The fourth-order valence-electron chi connectivity index (χ4n) is 5.77. The van der Waals surface area contributed by atoms with Gasteiger partial charge >= 0.3 is 0 Å². The zero-order valence-electron chi connectivity index (χ0n) is 20.5. The number of rotatable bonds is 7. The Hall–Kier alpha value is -3.46. The highest BCUT2D eigenvalue weighted by Gasteiger charge is 2.41. The molecule has 1 aromatic carbocycles. The number of amides is 2. The van der Waals surface area contributed by atoms with Gasteiger partial charge in [-0.1, -0.05) is 0 Å². The molecule has 36 heavy (non-hydrogen) atoms. The number of anilines is 2. The van der Waals surface area contributed by atoms with Gasteiger partial charge in [-0.25, -0.2) is 4.98 Å². The Bertz CT molecular complexity index is 1130. The van der Waals surface area contributed by atoms with Crippen molar-refractivity contribution in [1.29, 1.82) is 0 Å². The molecule has 0 spiro atoms. The number of piperidine rings is 1. The number of Topliss-reactive ketones (excluding diaryl/α,β-unsaturated/α-hetero) is 1. The Kier molecular flexibility index (Phi) is 6.91. The Morgan fingerprint density at radius 3 is 2.28 bits per heavy atom. The first kappa shape index (κ1) is 24.2. The van der Waals surface area contributed by atoms with Gasteiger partial charge in [-0.05, 0) is 75.8 Å². The van der Waals surface area contributed by atoms with Crippen LogP contribution in [0.5, 0.6) is 0 Å². The first-order valence-corrected chi connectivity index (χ1v) is 12.7. The number of primary amides is 1. The quantitative estimate of drug-likeness (QED) is 0.508. The summed E-state index contributed by atoms with van der Waals surface area (Å²) in [5.74, 6) is 0.227. The number of nitrogens with one attached hydrogen (secondary N) is 2. The lowest BCUT2D eigenvalue weighted by molar-refractivity contribution is 0.0902. The lowest BCUT2D eigenvalue weighted by atomic mass is 9.96. The van der Waals surface area contributed by atoms with Gasteiger partial charge in [-0.15, -0.1) is 0 Å². The van der Waals surface area contributed by atoms with E-state index in [1.54, 1.807) is 31.3 Å². The Morgan fingerprint density at radius 1 is 0.972 bits per heavy atom. The highest BCUT2D eigenvalue weighted by Crippen LogP contribution is 2.38. The van der Waals surface area contributed by atoms with Gasteiger partial charge in [0.05, 0.1) is 5.56 Å². The van der Waals surface area contributed by atoms with Crippen molar-refractivity contribution in [3.8, 4) is 0 Å². The van der Waals surface area contributed by atoms with Gasteiger partial charge in [0.1, 0.15) is 5.82 Å². The molecule has 5 rings (SSSR count). The van der Waals surface area contributed by atoms with Crippen molar-refractivity contribution in [2.45, 2.75) is 69.6 Å². The van der Waals surface area contributed by atoms with E-state index in [9.17, 15) is 14.4 Å². The lowest BCUT2D eigenvalue weighted by Gasteiger charge is -2.40. The summed E-state index contributed by atoms with van der Waals surface area (Å²) < 4.78 is 5.42. The molecule has 3 saturated heterocycles. The number of ketones is 1. The summed E-state index contributed by atoms with van der Waals surface area (Å²) in [5, 5.41) is 6.61. The third kappa shape index (κ3) is 5.06. The molecule has 0 radical (unpaired) electrons. The van der Waals surface area contributed by atoms with Crippen LogP contribution in [0.15, 0.2) is 36.5 Å². The standard InChI is InChI=1S/C27H33N5O4/c1-16(33)18-3-7-25(29-15-18)32-21-4-5-22(32)14-20(13-21)31-27(35)17-2-6-23(26(28)34)24(12-17)30-19-8-10-36-11-9-19/h2-3,6-7,12,15,19-22,30H,4-5,8-11,13-14H2,1H3,(H2,28,34)(H,31,35)/t20?,21-,22+. The lowest BCUT2D eigenvalue weighted by Crippen LogP contribution is -2.50. The van der Waals surface area contributed by atoms with E-state index in [0.717, 1.165) is 44.3 Å². The monoisotopic (exact) mass is 491 g/mol. The molecule has 9 heteroatoms. The maximum absolute atomic E-state index is 13.2. The van der Waals surface area contributed by atoms with Crippen molar-refractivity contribution in [3.05, 3.63) is 53.2 Å². The average Bonchev–Trinajstić information content (AvgIpc) is 3.14. The minimum absolute atomic E-state index is 0.00780. The van der Waals surface area contributed by atoms with E-state index in [1.807, 2.05) is 12.1 Å². The highest BCUT2D eigenvalue weighted by molar-refractivity contribution is 6.02. The van der Waals surface area contributed by atoms with Gasteiger partial charge in [-0.3, -0.25) is 14.4 Å². The molecule has 2 aromatic rings. The minimum Gasteiger partial charge on any atom is -0.381 e. The van der Waals surface area contributed by atoms with Gasteiger partial charge in [0.2, 0.25) is 0 Å². The molecule has 4 N–H and O–H groups in total. The minimum atomic E-state index is -0.523. The number of pyridine rings is 1. The number of nitrogens with two attached hydrogens (primary N) is 1. The molecule has 0 aliphatic carbocycles. The number of fused-ring (bicyclic) bond motifs is 2. The summed E-state index contributed by atoms with van der Waals surface area (Å²) in [6.45, 7) is 2.88. The third-order valence-electron chi connectivity index (χ3n) is 7.62. The average molecular weight is 492 g/mol. The largest absolute Gasteiger partial charge is 0.381 e. The number of ether oxygens (including phenoxy) is 1. The normalized spacial score (nSPS) is 23.8.